The van der Waals surface area contributed by atoms with Crippen molar-refractivity contribution in [3.63, 3.8) is 0 Å². The van der Waals surface area contributed by atoms with Gasteiger partial charge in [0, 0.05) is 17.8 Å². The van der Waals surface area contributed by atoms with E-state index >= 15 is 0 Å². The van der Waals surface area contributed by atoms with E-state index in [1.165, 1.54) is 0 Å². The van der Waals surface area contributed by atoms with Crippen LogP contribution in [0.4, 0.5) is 0 Å². The summed E-state index contributed by atoms with van der Waals surface area (Å²) in [4.78, 5) is 16.3. The van der Waals surface area contributed by atoms with Crippen molar-refractivity contribution in [1.82, 2.24) is 10.3 Å². The summed E-state index contributed by atoms with van der Waals surface area (Å²) in [5.74, 6) is 0.362. The van der Waals surface area contributed by atoms with Gasteiger partial charge < -0.3 is 10.4 Å². The van der Waals surface area contributed by atoms with Gasteiger partial charge in [-0.3, -0.25) is 4.79 Å². The monoisotopic (exact) mass is 296 g/mol. The van der Waals surface area contributed by atoms with Crippen LogP contribution in [0.15, 0.2) is 12.1 Å². The van der Waals surface area contributed by atoms with Gasteiger partial charge >= 0.3 is 0 Å². The standard InChI is InChI=1S/C15H21ClN2O2/c1-2-12-7-11(8-14(16)18-12)15(20)17-9-10-3-5-13(19)6-4-10/h7-8,10,13,19H,2-6,9H2,1H3,(H,17,20). The van der Waals surface area contributed by atoms with Gasteiger partial charge in [-0.05, 0) is 50.2 Å². The molecule has 110 valence electrons. The molecular weight excluding hydrogens is 276 g/mol. The predicted molar refractivity (Wildman–Crippen MR) is 78.9 cm³/mol. The summed E-state index contributed by atoms with van der Waals surface area (Å²) in [6, 6.07) is 3.38. The minimum absolute atomic E-state index is 0.102. The molecule has 1 saturated carbocycles. The minimum Gasteiger partial charge on any atom is -0.393 e. The minimum atomic E-state index is -0.159. The third-order valence-corrected chi connectivity index (χ3v) is 4.03. The lowest BCUT2D eigenvalue weighted by molar-refractivity contribution is 0.0910. The number of amides is 1. The van der Waals surface area contributed by atoms with Crippen molar-refractivity contribution < 1.29 is 9.90 Å². The molecule has 4 nitrogen and oxygen atoms in total. The topological polar surface area (TPSA) is 62.2 Å². The Hall–Kier alpha value is -1.13. The lowest BCUT2D eigenvalue weighted by Crippen LogP contribution is -2.32. The Kier molecular flexibility index (Phi) is 5.38. The first-order chi connectivity index (χ1) is 9.58. The lowest BCUT2D eigenvalue weighted by Gasteiger charge is -2.25. The quantitative estimate of drug-likeness (QED) is 0.840. The SMILES string of the molecule is CCc1cc(C(=O)NCC2CCC(O)CC2)cc(Cl)n1. The second-order valence-electron chi connectivity index (χ2n) is 5.41. The fourth-order valence-corrected chi connectivity index (χ4v) is 2.78. The van der Waals surface area contributed by atoms with E-state index in [2.05, 4.69) is 10.3 Å². The second kappa shape index (κ2) is 7.04. The van der Waals surface area contributed by atoms with Crippen LogP contribution in [0.2, 0.25) is 5.15 Å². The van der Waals surface area contributed by atoms with Crippen molar-refractivity contribution >= 4 is 17.5 Å². The molecule has 0 unspecified atom stereocenters. The first-order valence-corrected chi connectivity index (χ1v) is 7.59. The van der Waals surface area contributed by atoms with E-state index in [0.717, 1.165) is 37.8 Å². The van der Waals surface area contributed by atoms with Crippen LogP contribution in [0.3, 0.4) is 0 Å². The number of aliphatic hydroxyl groups excluding tert-OH is 1. The summed E-state index contributed by atoms with van der Waals surface area (Å²) in [5.41, 5.74) is 1.39. The van der Waals surface area contributed by atoms with Crippen molar-refractivity contribution in [2.75, 3.05) is 6.54 Å². The van der Waals surface area contributed by atoms with Crippen molar-refractivity contribution in [3.8, 4) is 0 Å². The van der Waals surface area contributed by atoms with Crippen molar-refractivity contribution in [2.24, 2.45) is 5.92 Å². The number of carbonyl (C=O) groups is 1. The molecule has 1 aromatic rings. The third kappa shape index (κ3) is 4.18. The zero-order valence-electron chi connectivity index (χ0n) is 11.7. The van der Waals surface area contributed by atoms with Crippen LogP contribution >= 0.6 is 11.6 Å². The Bertz CT molecular complexity index is 471. The van der Waals surface area contributed by atoms with Gasteiger partial charge in [-0.15, -0.1) is 0 Å². The molecule has 2 N–H and O–H groups in total. The molecule has 5 heteroatoms. The molecule has 0 aromatic carbocycles. The van der Waals surface area contributed by atoms with Crippen LogP contribution < -0.4 is 5.32 Å². The molecule has 0 aliphatic heterocycles. The van der Waals surface area contributed by atoms with Crippen LogP contribution in [0.5, 0.6) is 0 Å². The van der Waals surface area contributed by atoms with Gasteiger partial charge in [0.2, 0.25) is 0 Å². The third-order valence-electron chi connectivity index (χ3n) is 3.84. The molecule has 20 heavy (non-hydrogen) atoms. The summed E-state index contributed by atoms with van der Waals surface area (Å²) in [5, 5.41) is 12.8. The summed E-state index contributed by atoms with van der Waals surface area (Å²) in [7, 11) is 0. The van der Waals surface area contributed by atoms with Crippen LogP contribution in [-0.2, 0) is 6.42 Å². The van der Waals surface area contributed by atoms with Crippen LogP contribution in [0.1, 0.15) is 48.7 Å². The number of halogens is 1. The summed E-state index contributed by atoms with van der Waals surface area (Å²) in [6.07, 6.45) is 4.20. The van der Waals surface area contributed by atoms with Crippen LogP contribution in [-0.4, -0.2) is 28.6 Å². The first kappa shape index (κ1) is 15.3. The Morgan fingerprint density at radius 3 is 2.75 bits per heavy atom. The van der Waals surface area contributed by atoms with Gasteiger partial charge in [-0.25, -0.2) is 4.98 Å². The largest absolute Gasteiger partial charge is 0.393 e. The first-order valence-electron chi connectivity index (χ1n) is 7.21. The Morgan fingerprint density at radius 1 is 1.40 bits per heavy atom. The zero-order valence-corrected chi connectivity index (χ0v) is 12.5. The predicted octanol–water partition coefficient (Wildman–Crippen LogP) is 2.58. The van der Waals surface area contributed by atoms with E-state index in [0.29, 0.717) is 23.2 Å². The molecule has 0 saturated heterocycles. The maximum atomic E-state index is 12.1. The lowest BCUT2D eigenvalue weighted by atomic mass is 9.87. The van der Waals surface area contributed by atoms with E-state index in [9.17, 15) is 9.90 Å². The van der Waals surface area contributed by atoms with Gasteiger partial charge in [0.1, 0.15) is 5.15 Å². The molecule has 0 atom stereocenters. The summed E-state index contributed by atoms with van der Waals surface area (Å²) >= 11 is 5.92. The maximum Gasteiger partial charge on any atom is 0.251 e. The van der Waals surface area contributed by atoms with E-state index in [-0.39, 0.29) is 12.0 Å². The van der Waals surface area contributed by atoms with Crippen molar-refractivity contribution in [1.29, 1.82) is 0 Å². The fourth-order valence-electron chi connectivity index (χ4n) is 2.55. The molecular formula is C15H21ClN2O2. The number of aryl methyl sites for hydroxylation is 1. The fraction of sp³-hybridized carbons (Fsp3) is 0.600. The molecule has 1 fully saturated rings. The molecule has 1 aliphatic rings. The number of nitrogens with zero attached hydrogens (tertiary/aromatic N) is 1. The maximum absolute atomic E-state index is 12.1. The summed E-state index contributed by atoms with van der Waals surface area (Å²) < 4.78 is 0. The Balaban J connectivity index is 1.90. The molecule has 1 aromatic heterocycles. The molecule has 2 rings (SSSR count). The van der Waals surface area contributed by atoms with E-state index < -0.39 is 0 Å². The number of carbonyl (C=O) groups excluding carboxylic acids is 1. The molecule has 1 heterocycles. The highest BCUT2D eigenvalue weighted by atomic mass is 35.5. The number of hydrogen-bond acceptors (Lipinski definition) is 3. The molecule has 1 aliphatic carbocycles. The number of rotatable bonds is 4. The van der Waals surface area contributed by atoms with Crippen LogP contribution in [0, 0.1) is 5.92 Å². The molecule has 1 amide bonds. The van der Waals surface area contributed by atoms with Crippen molar-refractivity contribution in [3.05, 3.63) is 28.5 Å². The van der Waals surface area contributed by atoms with Gasteiger partial charge in [0.15, 0.2) is 0 Å². The normalized spacial score (nSPS) is 22.6. The van der Waals surface area contributed by atoms with Gasteiger partial charge in [0.05, 0.1) is 6.10 Å². The van der Waals surface area contributed by atoms with E-state index in [1.54, 1.807) is 12.1 Å². The number of pyridine rings is 1. The van der Waals surface area contributed by atoms with Gasteiger partial charge in [-0.1, -0.05) is 18.5 Å². The number of nitrogens with one attached hydrogen (secondary N) is 1. The molecule has 0 radical (unpaired) electrons. The number of aliphatic hydroxyl groups is 1. The van der Waals surface area contributed by atoms with Gasteiger partial charge in [0.25, 0.3) is 5.91 Å². The summed E-state index contributed by atoms with van der Waals surface area (Å²) in [6.45, 7) is 2.64. The smallest absolute Gasteiger partial charge is 0.251 e. The van der Waals surface area contributed by atoms with E-state index in [4.69, 9.17) is 11.6 Å². The number of aromatic nitrogens is 1. The molecule has 0 bridgehead atoms. The Labute approximate surface area is 124 Å². The highest BCUT2D eigenvalue weighted by molar-refractivity contribution is 6.29. The molecule has 0 spiro atoms. The Morgan fingerprint density at radius 2 is 2.10 bits per heavy atom. The second-order valence-corrected chi connectivity index (χ2v) is 5.80. The highest BCUT2D eigenvalue weighted by Gasteiger charge is 2.20. The number of hydrogen-bond donors (Lipinski definition) is 2. The average molecular weight is 297 g/mol. The van der Waals surface area contributed by atoms with E-state index in [1.807, 2.05) is 6.92 Å². The zero-order chi connectivity index (χ0) is 14.5. The average Bonchev–Trinajstić information content (AvgIpc) is 2.45. The van der Waals surface area contributed by atoms with Gasteiger partial charge in [-0.2, -0.15) is 0 Å². The van der Waals surface area contributed by atoms with Crippen LogP contribution in [0.25, 0.3) is 0 Å². The highest BCUT2D eigenvalue weighted by Crippen LogP contribution is 2.23. The van der Waals surface area contributed by atoms with Crippen molar-refractivity contribution in [2.45, 2.75) is 45.1 Å².